The number of hydrogen-bond donors (Lipinski definition) is 1. The maximum absolute atomic E-state index is 9.12. The Morgan fingerprint density at radius 3 is 3.03 bits per heavy atom. The van der Waals surface area contributed by atoms with Gasteiger partial charge in [-0.3, -0.25) is 0 Å². The molecule has 5 rings (SSSR count). The van der Waals surface area contributed by atoms with Crippen molar-refractivity contribution < 1.29 is 4.74 Å². The average Bonchev–Trinajstić information content (AvgIpc) is 2.79. The highest BCUT2D eigenvalue weighted by atomic mass is 16.5. The first-order valence-corrected chi connectivity index (χ1v) is 11.1. The van der Waals surface area contributed by atoms with Gasteiger partial charge in [0.25, 0.3) is 0 Å². The second-order valence-electron chi connectivity index (χ2n) is 8.89. The van der Waals surface area contributed by atoms with Crippen LogP contribution >= 0.6 is 0 Å². The Labute approximate surface area is 178 Å². The quantitative estimate of drug-likeness (QED) is 0.849. The molecule has 1 spiro atoms. The highest BCUT2D eigenvalue weighted by Gasteiger charge is 2.41. The predicted molar refractivity (Wildman–Crippen MR) is 116 cm³/mol. The number of rotatable bonds is 3. The molecule has 6 heteroatoms. The number of nitrogens with one attached hydrogen (secondary N) is 1. The van der Waals surface area contributed by atoms with Gasteiger partial charge in [0.2, 0.25) is 0 Å². The summed E-state index contributed by atoms with van der Waals surface area (Å²) >= 11 is 0. The summed E-state index contributed by atoms with van der Waals surface area (Å²) in [5.74, 6) is 1.01. The lowest BCUT2D eigenvalue weighted by Crippen LogP contribution is -2.51. The second kappa shape index (κ2) is 7.88. The first-order valence-electron chi connectivity index (χ1n) is 11.1. The molecular weight excluding hydrogens is 374 g/mol. The molecule has 30 heavy (non-hydrogen) atoms. The maximum atomic E-state index is 9.12. The molecule has 1 fully saturated rings. The summed E-state index contributed by atoms with van der Waals surface area (Å²) in [5, 5.41) is 12.6. The van der Waals surface area contributed by atoms with E-state index in [0.717, 1.165) is 50.4 Å². The SMILES string of the molecule is COc1nc2c(c(N3CCNC(CC#N)C3)n1)CCC1(CCCc3ccccc31)C2. The Morgan fingerprint density at radius 2 is 2.17 bits per heavy atom. The average molecular weight is 404 g/mol. The lowest BCUT2D eigenvalue weighted by atomic mass is 9.62. The van der Waals surface area contributed by atoms with Gasteiger partial charge in [-0.25, -0.2) is 0 Å². The summed E-state index contributed by atoms with van der Waals surface area (Å²) < 4.78 is 5.51. The molecule has 0 bridgehead atoms. The number of nitriles is 1. The summed E-state index contributed by atoms with van der Waals surface area (Å²) in [7, 11) is 1.65. The van der Waals surface area contributed by atoms with Crippen molar-refractivity contribution in [1.82, 2.24) is 15.3 Å². The van der Waals surface area contributed by atoms with Gasteiger partial charge in [0.1, 0.15) is 5.82 Å². The van der Waals surface area contributed by atoms with Crippen molar-refractivity contribution in [2.24, 2.45) is 0 Å². The molecule has 2 aliphatic carbocycles. The van der Waals surface area contributed by atoms with E-state index < -0.39 is 0 Å². The molecule has 6 nitrogen and oxygen atoms in total. The van der Waals surface area contributed by atoms with E-state index in [-0.39, 0.29) is 11.5 Å². The number of piperazine rings is 1. The molecular formula is C24H29N5O. The molecule has 1 saturated heterocycles. The minimum atomic E-state index is 0.181. The summed E-state index contributed by atoms with van der Waals surface area (Å²) in [6, 6.07) is 11.9. The van der Waals surface area contributed by atoms with Gasteiger partial charge in [-0.2, -0.15) is 15.2 Å². The Morgan fingerprint density at radius 1 is 1.27 bits per heavy atom. The van der Waals surface area contributed by atoms with Crippen molar-refractivity contribution in [2.45, 2.75) is 56.4 Å². The normalized spacial score (nSPS) is 25.3. The third-order valence-electron chi connectivity index (χ3n) is 7.18. The van der Waals surface area contributed by atoms with Crippen LogP contribution < -0.4 is 15.0 Å². The molecule has 2 heterocycles. The number of ether oxygens (including phenoxy) is 1. The molecule has 3 aliphatic rings. The lowest BCUT2D eigenvalue weighted by molar-refractivity contribution is 0.306. The summed E-state index contributed by atoms with van der Waals surface area (Å²) in [6.45, 7) is 2.56. The van der Waals surface area contributed by atoms with Crippen LogP contribution in [0, 0.1) is 11.3 Å². The van der Waals surface area contributed by atoms with Crippen molar-refractivity contribution in [3.05, 3.63) is 46.6 Å². The van der Waals surface area contributed by atoms with Crippen LogP contribution in [0.5, 0.6) is 6.01 Å². The molecule has 1 aromatic carbocycles. The fourth-order valence-corrected chi connectivity index (χ4v) is 5.74. The van der Waals surface area contributed by atoms with Gasteiger partial charge in [0.15, 0.2) is 0 Å². The molecule has 2 atom stereocenters. The van der Waals surface area contributed by atoms with Gasteiger partial charge < -0.3 is 15.0 Å². The van der Waals surface area contributed by atoms with Crippen molar-refractivity contribution in [2.75, 3.05) is 31.6 Å². The van der Waals surface area contributed by atoms with Crippen molar-refractivity contribution in [3.63, 3.8) is 0 Å². The standard InChI is InChI=1S/C24H29N5O/c1-30-23-27-21-15-24(10-4-6-17-5-2-3-7-20(17)24)11-8-19(21)22(28-23)29-14-13-26-18(16-29)9-12-25/h2-3,5,7,18,26H,4,6,8-11,13-16H2,1H3. The Kier molecular flexibility index (Phi) is 5.08. The van der Waals surface area contributed by atoms with E-state index in [2.05, 4.69) is 40.6 Å². The number of anilines is 1. The van der Waals surface area contributed by atoms with E-state index in [1.54, 1.807) is 7.11 Å². The smallest absolute Gasteiger partial charge is 0.318 e. The number of hydrogen-bond acceptors (Lipinski definition) is 6. The van der Waals surface area contributed by atoms with Crippen molar-refractivity contribution >= 4 is 5.82 Å². The number of aromatic nitrogens is 2. The first-order chi connectivity index (χ1) is 14.7. The molecule has 1 N–H and O–H groups in total. The number of methoxy groups -OCH3 is 1. The van der Waals surface area contributed by atoms with Gasteiger partial charge in [0.05, 0.1) is 25.3 Å². The van der Waals surface area contributed by atoms with Crippen molar-refractivity contribution in [1.29, 1.82) is 5.26 Å². The minimum Gasteiger partial charge on any atom is -0.467 e. The van der Waals surface area contributed by atoms with E-state index in [0.29, 0.717) is 12.4 Å². The molecule has 2 aromatic rings. The summed E-state index contributed by atoms with van der Waals surface area (Å²) in [6.07, 6.45) is 7.27. The molecule has 0 radical (unpaired) electrons. The zero-order valence-electron chi connectivity index (χ0n) is 17.7. The van der Waals surface area contributed by atoms with E-state index in [9.17, 15) is 0 Å². The fraction of sp³-hybridized carbons (Fsp3) is 0.542. The van der Waals surface area contributed by atoms with Crippen molar-refractivity contribution in [3.8, 4) is 12.1 Å². The number of aryl methyl sites for hydroxylation is 1. The van der Waals surface area contributed by atoms with E-state index >= 15 is 0 Å². The van der Waals surface area contributed by atoms with Crippen LogP contribution in [0.3, 0.4) is 0 Å². The fourth-order valence-electron chi connectivity index (χ4n) is 5.74. The summed E-state index contributed by atoms with van der Waals surface area (Å²) in [5.41, 5.74) is 5.65. The second-order valence-corrected chi connectivity index (χ2v) is 8.89. The molecule has 2 unspecified atom stereocenters. The van der Waals surface area contributed by atoms with Crippen LogP contribution in [0.4, 0.5) is 5.82 Å². The van der Waals surface area contributed by atoms with Crippen LogP contribution in [-0.4, -0.2) is 42.8 Å². The highest BCUT2D eigenvalue weighted by molar-refractivity contribution is 5.54. The minimum absolute atomic E-state index is 0.181. The number of fused-ring (bicyclic) bond motifs is 3. The monoisotopic (exact) mass is 403 g/mol. The first kappa shape index (κ1) is 19.3. The van der Waals surface area contributed by atoms with E-state index in [1.807, 2.05) is 0 Å². The van der Waals surface area contributed by atoms with Gasteiger partial charge >= 0.3 is 6.01 Å². The third kappa shape index (κ3) is 3.31. The van der Waals surface area contributed by atoms with Gasteiger partial charge in [-0.05, 0) is 49.7 Å². The van der Waals surface area contributed by atoms with E-state index in [1.165, 1.54) is 36.0 Å². The largest absolute Gasteiger partial charge is 0.467 e. The van der Waals surface area contributed by atoms with Gasteiger partial charge in [-0.15, -0.1) is 0 Å². The van der Waals surface area contributed by atoms with Crippen LogP contribution in [-0.2, 0) is 24.7 Å². The van der Waals surface area contributed by atoms with Crippen LogP contribution in [0.25, 0.3) is 0 Å². The number of nitrogens with zero attached hydrogens (tertiary/aromatic N) is 4. The highest BCUT2D eigenvalue weighted by Crippen LogP contribution is 2.47. The summed E-state index contributed by atoms with van der Waals surface area (Å²) in [4.78, 5) is 11.9. The number of benzene rings is 1. The van der Waals surface area contributed by atoms with Crippen LogP contribution in [0.2, 0.25) is 0 Å². The molecule has 0 amide bonds. The van der Waals surface area contributed by atoms with E-state index in [4.69, 9.17) is 20.0 Å². The Hall–Kier alpha value is -2.65. The van der Waals surface area contributed by atoms with Gasteiger partial charge in [-0.1, -0.05) is 24.3 Å². The zero-order chi connectivity index (χ0) is 20.6. The molecule has 0 saturated carbocycles. The predicted octanol–water partition coefficient (Wildman–Crippen LogP) is 2.94. The Balaban J connectivity index is 1.52. The van der Waals surface area contributed by atoms with Crippen LogP contribution in [0.15, 0.2) is 24.3 Å². The van der Waals surface area contributed by atoms with Gasteiger partial charge in [0, 0.05) is 36.7 Å². The zero-order valence-corrected chi connectivity index (χ0v) is 17.7. The third-order valence-corrected chi connectivity index (χ3v) is 7.18. The topological polar surface area (TPSA) is 74.1 Å². The Bertz CT molecular complexity index is 984. The molecule has 1 aromatic heterocycles. The lowest BCUT2D eigenvalue weighted by Gasteiger charge is -2.43. The maximum Gasteiger partial charge on any atom is 0.318 e. The van der Waals surface area contributed by atoms with Crippen LogP contribution in [0.1, 0.15) is 48.1 Å². The molecule has 156 valence electrons. The molecule has 1 aliphatic heterocycles.